The highest BCUT2D eigenvalue weighted by molar-refractivity contribution is 7.92. The van der Waals surface area contributed by atoms with Gasteiger partial charge in [-0.05, 0) is 42.5 Å². The van der Waals surface area contributed by atoms with Gasteiger partial charge in [-0.1, -0.05) is 0 Å². The first-order valence-corrected chi connectivity index (χ1v) is 7.40. The third-order valence-corrected chi connectivity index (χ3v) is 4.11. The van der Waals surface area contributed by atoms with Crippen LogP contribution in [0.5, 0.6) is 0 Å². The van der Waals surface area contributed by atoms with Crippen molar-refractivity contribution in [2.24, 2.45) is 5.84 Å². The Morgan fingerprint density at radius 3 is 2.18 bits per heavy atom. The van der Waals surface area contributed by atoms with Gasteiger partial charge in [-0.25, -0.2) is 23.0 Å². The lowest BCUT2D eigenvalue weighted by atomic mass is 10.1. The van der Waals surface area contributed by atoms with Crippen LogP contribution in [0.1, 0.15) is 10.4 Å². The Labute approximate surface area is 125 Å². The largest absolute Gasteiger partial charge is 0.290 e. The summed E-state index contributed by atoms with van der Waals surface area (Å²) in [5, 5.41) is 0. The van der Waals surface area contributed by atoms with Crippen LogP contribution in [-0.2, 0) is 10.0 Å². The average Bonchev–Trinajstić information content (AvgIpc) is 2.46. The van der Waals surface area contributed by atoms with Crippen LogP contribution in [0.4, 0.5) is 14.5 Å². The summed E-state index contributed by atoms with van der Waals surface area (Å²) >= 11 is 0. The zero-order chi connectivity index (χ0) is 16.3. The summed E-state index contributed by atoms with van der Waals surface area (Å²) in [6.07, 6.45) is 0. The van der Waals surface area contributed by atoms with Gasteiger partial charge in [0.2, 0.25) is 0 Å². The second-order valence-corrected chi connectivity index (χ2v) is 5.91. The number of carbonyl (C=O) groups excluding carboxylic acids is 1. The van der Waals surface area contributed by atoms with E-state index in [0.717, 1.165) is 42.5 Å². The molecule has 9 heteroatoms. The van der Waals surface area contributed by atoms with Gasteiger partial charge < -0.3 is 0 Å². The summed E-state index contributed by atoms with van der Waals surface area (Å²) in [7, 11) is -4.12. The molecule has 0 aliphatic carbocycles. The molecule has 0 aliphatic heterocycles. The third-order valence-electron chi connectivity index (χ3n) is 2.73. The summed E-state index contributed by atoms with van der Waals surface area (Å²) in [6, 6.07) is 6.92. The summed E-state index contributed by atoms with van der Waals surface area (Å²) in [4.78, 5) is 11.3. The molecule has 0 bridgehead atoms. The monoisotopic (exact) mass is 327 g/mol. The third kappa shape index (κ3) is 3.38. The minimum Gasteiger partial charge on any atom is -0.290 e. The Bertz CT molecular complexity index is 808. The van der Waals surface area contributed by atoms with Gasteiger partial charge in [-0.15, -0.1) is 0 Å². The van der Waals surface area contributed by atoms with E-state index < -0.39 is 27.6 Å². The molecule has 0 radical (unpaired) electrons. The van der Waals surface area contributed by atoms with Crippen LogP contribution in [0.3, 0.4) is 0 Å². The quantitative estimate of drug-likeness (QED) is 0.448. The molecule has 1 amide bonds. The van der Waals surface area contributed by atoms with Crippen LogP contribution in [-0.4, -0.2) is 14.3 Å². The highest BCUT2D eigenvalue weighted by Gasteiger charge is 2.19. The second-order valence-electron chi connectivity index (χ2n) is 4.22. The Morgan fingerprint density at radius 2 is 1.59 bits per heavy atom. The number of hydrogen-bond acceptors (Lipinski definition) is 4. The molecule has 2 rings (SSSR count). The van der Waals surface area contributed by atoms with Crippen LogP contribution in [0.15, 0.2) is 47.4 Å². The Kier molecular flexibility index (Phi) is 4.38. The molecule has 0 spiro atoms. The van der Waals surface area contributed by atoms with Crippen molar-refractivity contribution in [2.45, 2.75) is 4.90 Å². The first-order valence-electron chi connectivity index (χ1n) is 5.92. The standard InChI is InChI=1S/C13H11F2N3O3S/c14-8-1-4-10(5-2-8)22(20,21)18-12-7-9(15)3-6-11(12)13(19)17-16/h1-7,18H,16H2,(H,17,19). The summed E-state index contributed by atoms with van der Waals surface area (Å²) in [5.41, 5.74) is 1.39. The summed E-state index contributed by atoms with van der Waals surface area (Å²) in [6.45, 7) is 0. The average molecular weight is 327 g/mol. The van der Waals surface area contributed by atoms with Crippen LogP contribution in [0.2, 0.25) is 0 Å². The van der Waals surface area contributed by atoms with Crippen molar-refractivity contribution in [3.63, 3.8) is 0 Å². The van der Waals surface area contributed by atoms with Crippen molar-refractivity contribution in [3.8, 4) is 0 Å². The predicted molar refractivity (Wildman–Crippen MR) is 75.3 cm³/mol. The van der Waals surface area contributed by atoms with Gasteiger partial charge in [-0.2, -0.15) is 0 Å². The van der Waals surface area contributed by atoms with E-state index in [2.05, 4.69) is 4.72 Å². The number of anilines is 1. The van der Waals surface area contributed by atoms with E-state index in [1.165, 1.54) is 0 Å². The van der Waals surface area contributed by atoms with Crippen molar-refractivity contribution in [3.05, 3.63) is 59.7 Å². The number of nitrogens with two attached hydrogens (primary N) is 1. The number of nitrogen functional groups attached to an aromatic ring is 1. The molecule has 22 heavy (non-hydrogen) atoms. The van der Waals surface area contributed by atoms with Crippen molar-refractivity contribution >= 4 is 21.6 Å². The molecule has 0 saturated heterocycles. The molecule has 0 fully saturated rings. The number of nitrogens with one attached hydrogen (secondary N) is 2. The fraction of sp³-hybridized carbons (Fsp3) is 0. The molecule has 2 aromatic carbocycles. The topological polar surface area (TPSA) is 101 Å². The van der Waals surface area contributed by atoms with Gasteiger partial charge in [0.25, 0.3) is 15.9 Å². The van der Waals surface area contributed by atoms with Crippen molar-refractivity contribution in [1.82, 2.24) is 5.43 Å². The maximum atomic E-state index is 13.3. The fourth-order valence-electron chi connectivity index (χ4n) is 1.69. The zero-order valence-electron chi connectivity index (χ0n) is 11.0. The van der Waals surface area contributed by atoms with E-state index in [9.17, 15) is 22.0 Å². The van der Waals surface area contributed by atoms with E-state index in [-0.39, 0.29) is 16.1 Å². The van der Waals surface area contributed by atoms with Gasteiger partial charge in [0.1, 0.15) is 11.6 Å². The minimum atomic E-state index is -4.12. The van der Waals surface area contributed by atoms with E-state index in [4.69, 9.17) is 5.84 Å². The maximum absolute atomic E-state index is 13.3. The fourth-order valence-corrected chi connectivity index (χ4v) is 2.76. The molecule has 4 N–H and O–H groups in total. The normalized spacial score (nSPS) is 11.0. The van der Waals surface area contributed by atoms with Gasteiger partial charge >= 0.3 is 0 Å². The van der Waals surface area contributed by atoms with E-state index in [1.54, 1.807) is 0 Å². The van der Waals surface area contributed by atoms with Crippen LogP contribution < -0.4 is 16.0 Å². The highest BCUT2D eigenvalue weighted by Crippen LogP contribution is 2.21. The number of carbonyl (C=O) groups is 1. The van der Waals surface area contributed by atoms with Gasteiger partial charge in [0, 0.05) is 0 Å². The maximum Gasteiger partial charge on any atom is 0.267 e. The molecule has 2 aromatic rings. The molecule has 0 aromatic heterocycles. The molecule has 116 valence electrons. The summed E-state index contributed by atoms with van der Waals surface area (Å²) < 4.78 is 52.5. The zero-order valence-corrected chi connectivity index (χ0v) is 11.8. The number of sulfonamides is 1. The number of amides is 1. The van der Waals surface area contributed by atoms with E-state index in [1.807, 2.05) is 5.43 Å². The van der Waals surface area contributed by atoms with E-state index in [0.29, 0.717) is 0 Å². The Morgan fingerprint density at radius 1 is 1.00 bits per heavy atom. The van der Waals surface area contributed by atoms with Crippen molar-refractivity contribution < 1.29 is 22.0 Å². The number of hydrazine groups is 1. The van der Waals surface area contributed by atoms with Gasteiger partial charge in [-0.3, -0.25) is 14.9 Å². The SMILES string of the molecule is NNC(=O)c1ccc(F)cc1NS(=O)(=O)c1ccc(F)cc1. The number of benzene rings is 2. The van der Waals surface area contributed by atoms with Crippen LogP contribution in [0.25, 0.3) is 0 Å². The van der Waals surface area contributed by atoms with Crippen LogP contribution >= 0.6 is 0 Å². The van der Waals surface area contributed by atoms with Crippen molar-refractivity contribution in [2.75, 3.05) is 4.72 Å². The smallest absolute Gasteiger partial charge is 0.267 e. The Balaban J connectivity index is 2.43. The van der Waals surface area contributed by atoms with Crippen molar-refractivity contribution in [1.29, 1.82) is 0 Å². The molecule has 0 atom stereocenters. The Hall–Kier alpha value is -2.52. The molecular formula is C13H11F2N3O3S. The highest BCUT2D eigenvalue weighted by atomic mass is 32.2. The summed E-state index contributed by atoms with van der Waals surface area (Å²) in [5.74, 6) is 2.85. The lowest BCUT2D eigenvalue weighted by molar-refractivity contribution is 0.0954. The first-order chi connectivity index (χ1) is 10.3. The van der Waals surface area contributed by atoms with E-state index >= 15 is 0 Å². The predicted octanol–water partition coefficient (Wildman–Crippen LogP) is 1.37. The molecular weight excluding hydrogens is 316 g/mol. The van der Waals surface area contributed by atoms with Crippen LogP contribution in [0, 0.1) is 11.6 Å². The second kappa shape index (κ2) is 6.08. The number of rotatable bonds is 4. The molecule has 0 aliphatic rings. The number of hydrogen-bond donors (Lipinski definition) is 3. The lowest BCUT2D eigenvalue weighted by Crippen LogP contribution is -2.31. The first kappa shape index (κ1) is 15.9. The minimum absolute atomic E-state index is 0.158. The lowest BCUT2D eigenvalue weighted by Gasteiger charge is -2.12. The molecule has 6 nitrogen and oxygen atoms in total. The molecule has 0 saturated carbocycles. The molecule has 0 unspecified atom stereocenters. The molecule has 0 heterocycles. The number of halogens is 2. The van der Waals surface area contributed by atoms with Gasteiger partial charge in [0.05, 0.1) is 16.1 Å². The van der Waals surface area contributed by atoms with Gasteiger partial charge in [0.15, 0.2) is 0 Å².